The van der Waals surface area contributed by atoms with Gasteiger partial charge in [0.25, 0.3) is 0 Å². The number of anilines is 1. The van der Waals surface area contributed by atoms with E-state index in [2.05, 4.69) is 11.8 Å². The number of rotatable bonds is 2. The molecule has 0 spiro atoms. The molecule has 0 bridgehead atoms. The highest BCUT2D eigenvalue weighted by Crippen LogP contribution is 2.26. The largest absolute Gasteiger partial charge is 0.395 e. The van der Waals surface area contributed by atoms with Crippen molar-refractivity contribution in [3.63, 3.8) is 0 Å². The second-order valence-corrected chi connectivity index (χ2v) is 4.75. The second-order valence-electron chi connectivity index (χ2n) is 4.75. The van der Waals surface area contributed by atoms with Gasteiger partial charge in [-0.15, -0.1) is 0 Å². The topological polar surface area (TPSA) is 57.6 Å². The lowest BCUT2D eigenvalue weighted by Gasteiger charge is -2.26. The summed E-state index contributed by atoms with van der Waals surface area (Å²) in [6.07, 6.45) is 1.85. The smallest absolute Gasteiger partial charge is 0.233 e. The van der Waals surface area contributed by atoms with E-state index in [9.17, 15) is 9.59 Å². The maximum Gasteiger partial charge on any atom is 0.233 e. The minimum absolute atomic E-state index is 0.0226. The van der Waals surface area contributed by atoms with E-state index >= 15 is 0 Å². The number of piperidine rings is 1. The van der Waals surface area contributed by atoms with E-state index in [4.69, 9.17) is 5.11 Å². The van der Waals surface area contributed by atoms with Crippen molar-refractivity contribution < 1.29 is 14.7 Å². The van der Waals surface area contributed by atoms with Crippen molar-refractivity contribution in [2.75, 3.05) is 11.5 Å². The Labute approximate surface area is 118 Å². The molecule has 1 aromatic rings. The van der Waals surface area contributed by atoms with E-state index in [1.165, 1.54) is 4.90 Å². The minimum Gasteiger partial charge on any atom is -0.395 e. The molecule has 20 heavy (non-hydrogen) atoms. The van der Waals surface area contributed by atoms with Gasteiger partial charge in [0.2, 0.25) is 11.8 Å². The standard InChI is InChI=1S/C16H17NO3/c1-12-8-9-13(5-2-3-10-18)11-14(12)17-15(19)6-4-7-16(17)20/h8-9,11,18H,3-4,6-7,10H2,1H3. The highest BCUT2D eigenvalue weighted by Gasteiger charge is 2.28. The van der Waals surface area contributed by atoms with Crippen LogP contribution >= 0.6 is 0 Å². The number of aliphatic hydroxyl groups excluding tert-OH is 1. The molecule has 0 saturated carbocycles. The molecule has 4 nitrogen and oxygen atoms in total. The number of aliphatic hydroxyl groups is 1. The summed E-state index contributed by atoms with van der Waals surface area (Å²) in [5.74, 6) is 5.46. The number of aryl methyl sites for hydroxylation is 1. The number of nitrogens with zero attached hydrogens (tertiary/aromatic N) is 1. The van der Waals surface area contributed by atoms with Crippen molar-refractivity contribution in [3.05, 3.63) is 29.3 Å². The van der Waals surface area contributed by atoms with Gasteiger partial charge in [0.05, 0.1) is 12.3 Å². The zero-order valence-corrected chi connectivity index (χ0v) is 11.5. The third-order valence-electron chi connectivity index (χ3n) is 3.20. The van der Waals surface area contributed by atoms with Gasteiger partial charge in [-0.25, -0.2) is 0 Å². The average Bonchev–Trinajstić information content (AvgIpc) is 2.42. The zero-order chi connectivity index (χ0) is 14.5. The molecule has 0 aromatic heterocycles. The maximum absolute atomic E-state index is 12.0. The molecule has 4 heteroatoms. The Kier molecular flexibility index (Phi) is 4.54. The Hall–Kier alpha value is -2.12. The molecule has 0 unspecified atom stereocenters. The molecule has 0 atom stereocenters. The zero-order valence-electron chi connectivity index (χ0n) is 11.5. The molecular formula is C16H17NO3. The van der Waals surface area contributed by atoms with Crippen LogP contribution in [0, 0.1) is 18.8 Å². The molecule has 2 amide bonds. The molecule has 0 radical (unpaired) electrons. The first-order valence-electron chi connectivity index (χ1n) is 6.69. The number of carbonyl (C=O) groups excluding carboxylic acids is 2. The van der Waals surface area contributed by atoms with Crippen molar-refractivity contribution in [1.29, 1.82) is 0 Å². The molecule has 1 N–H and O–H groups in total. The lowest BCUT2D eigenvalue weighted by Crippen LogP contribution is -2.40. The summed E-state index contributed by atoms with van der Waals surface area (Å²) in [5, 5.41) is 8.72. The predicted molar refractivity (Wildman–Crippen MR) is 76.1 cm³/mol. The van der Waals surface area contributed by atoms with Crippen LogP contribution in [-0.2, 0) is 9.59 Å². The Morgan fingerprint density at radius 2 is 1.95 bits per heavy atom. The van der Waals surface area contributed by atoms with Crippen LogP contribution in [0.2, 0.25) is 0 Å². The summed E-state index contributed by atoms with van der Waals surface area (Å²) in [6, 6.07) is 5.47. The molecular weight excluding hydrogens is 254 g/mol. The normalized spacial score (nSPS) is 15.0. The van der Waals surface area contributed by atoms with Gasteiger partial charge in [0, 0.05) is 24.8 Å². The lowest BCUT2D eigenvalue weighted by atomic mass is 10.0. The minimum atomic E-state index is -0.148. The Morgan fingerprint density at radius 3 is 2.60 bits per heavy atom. The van der Waals surface area contributed by atoms with Crippen LogP contribution in [-0.4, -0.2) is 23.5 Å². The van der Waals surface area contributed by atoms with E-state index < -0.39 is 0 Å². The monoisotopic (exact) mass is 271 g/mol. The van der Waals surface area contributed by atoms with Crippen LogP contribution in [0.15, 0.2) is 18.2 Å². The van der Waals surface area contributed by atoms with Crippen molar-refractivity contribution in [3.8, 4) is 11.8 Å². The van der Waals surface area contributed by atoms with Gasteiger partial charge >= 0.3 is 0 Å². The summed E-state index contributed by atoms with van der Waals surface area (Å²) in [6.45, 7) is 1.89. The quantitative estimate of drug-likeness (QED) is 0.659. The summed E-state index contributed by atoms with van der Waals surface area (Å²) in [7, 11) is 0. The van der Waals surface area contributed by atoms with Gasteiger partial charge in [-0.2, -0.15) is 0 Å². The number of amides is 2. The van der Waals surface area contributed by atoms with Crippen molar-refractivity contribution in [1.82, 2.24) is 0 Å². The molecule has 1 aromatic carbocycles. The van der Waals surface area contributed by atoms with Crippen LogP contribution in [0.1, 0.15) is 36.8 Å². The number of imide groups is 1. The second kappa shape index (κ2) is 6.36. The number of hydrogen-bond acceptors (Lipinski definition) is 3. The number of carbonyl (C=O) groups is 2. The first kappa shape index (κ1) is 14.3. The summed E-state index contributed by atoms with van der Waals surface area (Å²) < 4.78 is 0. The lowest BCUT2D eigenvalue weighted by molar-refractivity contribution is -0.129. The fourth-order valence-corrected chi connectivity index (χ4v) is 2.17. The van der Waals surface area contributed by atoms with Crippen molar-refractivity contribution in [2.24, 2.45) is 0 Å². The van der Waals surface area contributed by atoms with Gasteiger partial charge in [0.15, 0.2) is 0 Å². The first-order chi connectivity index (χ1) is 9.63. The Bertz CT molecular complexity index is 579. The third kappa shape index (κ3) is 3.06. The van der Waals surface area contributed by atoms with E-state index in [0.717, 1.165) is 11.1 Å². The van der Waals surface area contributed by atoms with E-state index in [1.807, 2.05) is 19.1 Å². The third-order valence-corrected chi connectivity index (χ3v) is 3.20. The summed E-state index contributed by atoms with van der Waals surface area (Å²) >= 11 is 0. The fraction of sp³-hybridized carbons (Fsp3) is 0.375. The summed E-state index contributed by atoms with van der Waals surface area (Å²) in [5.41, 5.74) is 2.24. The molecule has 1 saturated heterocycles. The predicted octanol–water partition coefficient (Wildman–Crippen LogP) is 1.77. The highest BCUT2D eigenvalue weighted by molar-refractivity contribution is 6.16. The fourth-order valence-electron chi connectivity index (χ4n) is 2.17. The van der Waals surface area contributed by atoms with E-state index in [1.54, 1.807) is 6.07 Å². The molecule has 1 aliphatic rings. The molecule has 1 heterocycles. The van der Waals surface area contributed by atoms with Crippen LogP contribution in [0.25, 0.3) is 0 Å². The van der Waals surface area contributed by atoms with E-state index in [-0.39, 0.29) is 18.4 Å². The van der Waals surface area contributed by atoms with Crippen LogP contribution in [0.4, 0.5) is 5.69 Å². The van der Waals surface area contributed by atoms with Gasteiger partial charge in [0.1, 0.15) is 0 Å². The molecule has 104 valence electrons. The van der Waals surface area contributed by atoms with E-state index in [0.29, 0.717) is 31.4 Å². The SMILES string of the molecule is Cc1ccc(C#CCCO)cc1N1C(=O)CCCC1=O. The van der Waals surface area contributed by atoms with Gasteiger partial charge in [-0.05, 0) is 31.0 Å². The van der Waals surface area contributed by atoms with Gasteiger partial charge < -0.3 is 5.11 Å². The molecule has 1 aliphatic heterocycles. The number of hydrogen-bond donors (Lipinski definition) is 1. The van der Waals surface area contributed by atoms with Gasteiger partial charge in [-0.3, -0.25) is 14.5 Å². The van der Waals surface area contributed by atoms with Gasteiger partial charge in [-0.1, -0.05) is 17.9 Å². The molecule has 1 fully saturated rings. The average molecular weight is 271 g/mol. The number of benzene rings is 1. The Morgan fingerprint density at radius 1 is 1.25 bits per heavy atom. The van der Waals surface area contributed by atoms with Crippen molar-refractivity contribution >= 4 is 17.5 Å². The Balaban J connectivity index is 2.35. The van der Waals surface area contributed by atoms with Crippen LogP contribution in [0.3, 0.4) is 0 Å². The highest BCUT2D eigenvalue weighted by atomic mass is 16.2. The van der Waals surface area contributed by atoms with Crippen molar-refractivity contribution in [2.45, 2.75) is 32.6 Å². The molecule has 2 rings (SSSR count). The molecule has 0 aliphatic carbocycles. The van der Waals surface area contributed by atoms with Crippen LogP contribution < -0.4 is 4.90 Å². The first-order valence-corrected chi connectivity index (χ1v) is 6.69. The maximum atomic E-state index is 12.0. The summed E-state index contributed by atoms with van der Waals surface area (Å²) in [4.78, 5) is 25.2. The van der Waals surface area contributed by atoms with Crippen LogP contribution in [0.5, 0.6) is 0 Å².